The summed E-state index contributed by atoms with van der Waals surface area (Å²) in [4.78, 5) is 0. The van der Waals surface area contributed by atoms with Crippen molar-refractivity contribution >= 4 is 10.8 Å². The molecule has 16 heavy (non-hydrogen) atoms. The van der Waals surface area contributed by atoms with Crippen molar-refractivity contribution in [1.29, 1.82) is 0 Å². The SMILES string of the molecule is Cc1ccc2c(c1)C(NCCS(C)=O)CC2. The summed E-state index contributed by atoms with van der Waals surface area (Å²) in [6.07, 6.45) is 4.10. The van der Waals surface area contributed by atoms with E-state index in [2.05, 4.69) is 30.4 Å². The second-order valence-corrected chi connectivity index (χ2v) is 6.08. The first-order chi connectivity index (χ1) is 7.66. The van der Waals surface area contributed by atoms with E-state index >= 15 is 0 Å². The molecule has 0 heterocycles. The van der Waals surface area contributed by atoms with Crippen LogP contribution in [0, 0.1) is 6.92 Å². The third kappa shape index (κ3) is 2.71. The molecule has 0 fully saturated rings. The largest absolute Gasteiger partial charge is 0.309 e. The fourth-order valence-electron chi connectivity index (χ4n) is 2.31. The molecule has 1 aliphatic carbocycles. The molecule has 0 saturated carbocycles. The maximum atomic E-state index is 11.0. The Hall–Kier alpha value is -0.670. The van der Waals surface area contributed by atoms with Crippen molar-refractivity contribution in [2.24, 2.45) is 0 Å². The van der Waals surface area contributed by atoms with Crippen LogP contribution in [0.1, 0.15) is 29.2 Å². The Kier molecular flexibility index (Phi) is 3.77. The zero-order valence-electron chi connectivity index (χ0n) is 9.95. The van der Waals surface area contributed by atoms with Crippen LogP contribution in [0.2, 0.25) is 0 Å². The number of hydrogen-bond acceptors (Lipinski definition) is 2. The van der Waals surface area contributed by atoms with E-state index in [1.165, 1.54) is 29.5 Å². The molecule has 2 atom stereocenters. The van der Waals surface area contributed by atoms with Crippen LogP contribution in [0.4, 0.5) is 0 Å². The number of benzene rings is 1. The van der Waals surface area contributed by atoms with Gasteiger partial charge >= 0.3 is 0 Å². The quantitative estimate of drug-likeness (QED) is 0.867. The molecular formula is C13H19NOS. The van der Waals surface area contributed by atoms with Gasteiger partial charge in [-0.3, -0.25) is 4.21 Å². The van der Waals surface area contributed by atoms with Crippen molar-refractivity contribution in [3.05, 3.63) is 34.9 Å². The average Bonchev–Trinajstić information content (AvgIpc) is 2.60. The number of rotatable bonds is 4. The highest BCUT2D eigenvalue weighted by Gasteiger charge is 2.21. The third-order valence-electron chi connectivity index (χ3n) is 3.16. The van der Waals surface area contributed by atoms with Crippen LogP contribution < -0.4 is 5.32 Å². The first-order valence-electron chi connectivity index (χ1n) is 5.79. The zero-order valence-corrected chi connectivity index (χ0v) is 10.8. The molecule has 0 aromatic heterocycles. The smallest absolute Gasteiger partial charge is 0.0357 e. The predicted molar refractivity (Wildman–Crippen MR) is 69.2 cm³/mol. The van der Waals surface area contributed by atoms with Crippen LogP contribution >= 0.6 is 0 Å². The van der Waals surface area contributed by atoms with Crippen molar-refractivity contribution in [2.75, 3.05) is 18.6 Å². The van der Waals surface area contributed by atoms with Crippen LogP contribution in [0.25, 0.3) is 0 Å². The standard InChI is InChI=1S/C13H19NOS/c1-10-3-4-11-5-6-13(12(11)9-10)14-7-8-16(2)15/h3-4,9,13-14H,5-8H2,1-2H3. The van der Waals surface area contributed by atoms with Crippen molar-refractivity contribution in [1.82, 2.24) is 5.32 Å². The summed E-state index contributed by atoms with van der Waals surface area (Å²) in [6, 6.07) is 7.17. The monoisotopic (exact) mass is 237 g/mol. The van der Waals surface area contributed by atoms with Gasteiger partial charge in [-0.25, -0.2) is 0 Å². The lowest BCUT2D eigenvalue weighted by atomic mass is 10.1. The molecule has 1 aromatic rings. The lowest BCUT2D eigenvalue weighted by molar-refractivity contribution is 0.549. The Balaban J connectivity index is 2.00. The van der Waals surface area contributed by atoms with E-state index in [4.69, 9.17) is 0 Å². The zero-order chi connectivity index (χ0) is 11.5. The Bertz CT molecular complexity index is 403. The average molecular weight is 237 g/mol. The lowest BCUT2D eigenvalue weighted by Crippen LogP contribution is -2.24. The van der Waals surface area contributed by atoms with E-state index in [0.29, 0.717) is 6.04 Å². The van der Waals surface area contributed by atoms with E-state index in [1.54, 1.807) is 6.26 Å². The highest BCUT2D eigenvalue weighted by molar-refractivity contribution is 7.84. The minimum atomic E-state index is -0.690. The van der Waals surface area contributed by atoms with Gasteiger partial charge in [0.1, 0.15) is 0 Å². The summed E-state index contributed by atoms with van der Waals surface area (Å²) in [7, 11) is -0.690. The fourth-order valence-corrected chi connectivity index (χ4v) is 2.72. The molecular weight excluding hydrogens is 218 g/mol. The highest BCUT2D eigenvalue weighted by atomic mass is 32.2. The number of aryl methyl sites for hydroxylation is 2. The van der Waals surface area contributed by atoms with Crippen LogP contribution in [0.3, 0.4) is 0 Å². The first-order valence-corrected chi connectivity index (χ1v) is 7.52. The van der Waals surface area contributed by atoms with Crippen LogP contribution in [-0.4, -0.2) is 22.8 Å². The topological polar surface area (TPSA) is 29.1 Å². The van der Waals surface area contributed by atoms with Gasteiger partial charge in [-0.15, -0.1) is 0 Å². The van der Waals surface area contributed by atoms with E-state index in [9.17, 15) is 4.21 Å². The van der Waals surface area contributed by atoms with Gasteiger partial charge in [0.05, 0.1) is 0 Å². The number of fused-ring (bicyclic) bond motifs is 1. The molecule has 0 radical (unpaired) electrons. The van der Waals surface area contributed by atoms with E-state index in [-0.39, 0.29) is 0 Å². The van der Waals surface area contributed by atoms with Gasteiger partial charge in [0.2, 0.25) is 0 Å². The van der Waals surface area contributed by atoms with Gasteiger partial charge in [-0.1, -0.05) is 23.8 Å². The minimum absolute atomic E-state index is 0.471. The van der Waals surface area contributed by atoms with E-state index in [1.807, 2.05) is 0 Å². The third-order valence-corrected chi connectivity index (χ3v) is 3.94. The maximum Gasteiger partial charge on any atom is 0.0357 e. The Morgan fingerprint density at radius 1 is 1.50 bits per heavy atom. The maximum absolute atomic E-state index is 11.0. The molecule has 0 saturated heterocycles. The van der Waals surface area contributed by atoms with Crippen LogP contribution in [-0.2, 0) is 17.2 Å². The predicted octanol–water partition coefficient (Wildman–Crippen LogP) is 1.95. The van der Waals surface area contributed by atoms with Crippen molar-refractivity contribution in [2.45, 2.75) is 25.8 Å². The Labute approximate surface area is 99.9 Å². The number of hydrogen-bond donors (Lipinski definition) is 1. The summed E-state index contributed by atoms with van der Waals surface area (Å²) in [6.45, 7) is 2.98. The van der Waals surface area contributed by atoms with Gasteiger partial charge in [-0.2, -0.15) is 0 Å². The van der Waals surface area contributed by atoms with E-state index < -0.39 is 10.8 Å². The molecule has 88 valence electrons. The second-order valence-electron chi connectivity index (χ2n) is 4.52. The molecule has 2 nitrogen and oxygen atoms in total. The van der Waals surface area contributed by atoms with Gasteiger partial charge in [0.25, 0.3) is 0 Å². The molecule has 1 aliphatic rings. The van der Waals surface area contributed by atoms with Gasteiger partial charge in [0.15, 0.2) is 0 Å². The van der Waals surface area contributed by atoms with Gasteiger partial charge in [0, 0.05) is 35.4 Å². The lowest BCUT2D eigenvalue weighted by Gasteiger charge is -2.13. The highest BCUT2D eigenvalue weighted by Crippen LogP contribution is 2.31. The van der Waals surface area contributed by atoms with Gasteiger partial charge in [-0.05, 0) is 30.9 Å². The summed E-state index contributed by atoms with van der Waals surface area (Å²) in [5.41, 5.74) is 4.24. The molecule has 1 aromatic carbocycles. The van der Waals surface area contributed by atoms with Crippen molar-refractivity contribution < 1.29 is 4.21 Å². The molecule has 0 bridgehead atoms. The first kappa shape index (κ1) is 11.8. The van der Waals surface area contributed by atoms with Crippen molar-refractivity contribution in [3.63, 3.8) is 0 Å². The molecule has 0 amide bonds. The molecule has 0 aliphatic heterocycles. The summed E-state index contributed by atoms with van der Waals surface area (Å²) >= 11 is 0. The Morgan fingerprint density at radius 3 is 3.06 bits per heavy atom. The van der Waals surface area contributed by atoms with Crippen LogP contribution in [0.15, 0.2) is 18.2 Å². The molecule has 1 N–H and O–H groups in total. The molecule has 2 unspecified atom stereocenters. The molecule has 3 heteroatoms. The van der Waals surface area contributed by atoms with Crippen molar-refractivity contribution in [3.8, 4) is 0 Å². The summed E-state index contributed by atoms with van der Waals surface area (Å²) in [5, 5.41) is 3.50. The minimum Gasteiger partial charge on any atom is -0.309 e. The van der Waals surface area contributed by atoms with Gasteiger partial charge < -0.3 is 5.32 Å². The summed E-state index contributed by atoms with van der Waals surface area (Å²) < 4.78 is 11.0. The summed E-state index contributed by atoms with van der Waals surface area (Å²) in [5.74, 6) is 0.748. The molecule has 0 spiro atoms. The fraction of sp³-hybridized carbons (Fsp3) is 0.538. The Morgan fingerprint density at radius 2 is 2.31 bits per heavy atom. The van der Waals surface area contributed by atoms with E-state index in [0.717, 1.165) is 12.3 Å². The normalized spacial score (nSPS) is 20.8. The van der Waals surface area contributed by atoms with Crippen LogP contribution in [0.5, 0.6) is 0 Å². The number of nitrogens with one attached hydrogen (secondary N) is 1. The molecule has 2 rings (SSSR count). The second kappa shape index (κ2) is 5.11.